The van der Waals surface area contributed by atoms with Gasteiger partial charge in [0.1, 0.15) is 0 Å². The Bertz CT molecular complexity index is 399. The summed E-state index contributed by atoms with van der Waals surface area (Å²) in [5.41, 5.74) is 2.43. The summed E-state index contributed by atoms with van der Waals surface area (Å²) in [7, 11) is 0. The third-order valence-electron chi connectivity index (χ3n) is 2.75. The Hall–Kier alpha value is -1.28. The highest BCUT2D eigenvalue weighted by Gasteiger charge is 2.16. The van der Waals surface area contributed by atoms with Crippen LogP contribution in [0.15, 0.2) is 0 Å². The van der Waals surface area contributed by atoms with Crippen LogP contribution in [0.5, 0.6) is 6.01 Å². The smallest absolute Gasteiger partial charge is 0.323 e. The van der Waals surface area contributed by atoms with Crippen LogP contribution in [0.1, 0.15) is 19.8 Å². The number of anilines is 2. The second kappa shape index (κ2) is 7.34. The molecule has 0 saturated carbocycles. The number of aromatic nitrogens is 3. The highest BCUT2D eigenvalue weighted by atomic mass is 32.2. The minimum atomic E-state index is 0.299. The Morgan fingerprint density at radius 2 is 2.21 bits per heavy atom. The van der Waals surface area contributed by atoms with Gasteiger partial charge in [-0.3, -0.25) is 5.43 Å². The molecule has 0 aliphatic carbocycles. The molecule has 1 saturated heterocycles. The summed E-state index contributed by atoms with van der Waals surface area (Å²) in [4.78, 5) is 12.4. The fourth-order valence-corrected chi connectivity index (χ4v) is 3.02. The van der Waals surface area contributed by atoms with Crippen molar-refractivity contribution in [2.45, 2.75) is 19.8 Å². The number of nitrogen functional groups attached to an aromatic ring is 1. The lowest BCUT2D eigenvalue weighted by Crippen LogP contribution is -2.18. The van der Waals surface area contributed by atoms with Crippen molar-refractivity contribution in [3.05, 3.63) is 0 Å². The van der Waals surface area contributed by atoms with Crippen LogP contribution in [-0.2, 0) is 0 Å². The molecule has 1 atom stereocenters. The number of nitrogens with zero attached hydrogens (tertiary/aromatic N) is 3. The number of hydrogen-bond acceptors (Lipinski definition) is 8. The highest BCUT2D eigenvalue weighted by molar-refractivity contribution is 7.99. The van der Waals surface area contributed by atoms with Gasteiger partial charge in [-0.05, 0) is 30.3 Å². The fraction of sp³-hybridized carbons (Fsp3) is 0.727. The zero-order chi connectivity index (χ0) is 13.5. The first-order valence-corrected chi connectivity index (χ1v) is 7.64. The molecule has 4 N–H and O–H groups in total. The molecule has 106 valence electrons. The number of rotatable bonds is 7. The van der Waals surface area contributed by atoms with Crippen LogP contribution in [0.3, 0.4) is 0 Å². The Labute approximate surface area is 117 Å². The molecule has 1 fully saturated rings. The second-order valence-corrected chi connectivity index (χ2v) is 5.52. The maximum Gasteiger partial charge on any atom is 0.323 e. The van der Waals surface area contributed by atoms with Crippen molar-refractivity contribution < 1.29 is 4.74 Å². The fourth-order valence-electron chi connectivity index (χ4n) is 1.74. The number of ether oxygens (including phenoxy) is 1. The average Bonchev–Trinajstić information content (AvgIpc) is 2.96. The number of thioether (sulfide) groups is 1. The summed E-state index contributed by atoms with van der Waals surface area (Å²) in [6, 6.07) is 0.299. The number of hydrogen-bond donors (Lipinski definition) is 3. The van der Waals surface area contributed by atoms with E-state index < -0.39 is 0 Å². The van der Waals surface area contributed by atoms with E-state index in [1.807, 2.05) is 18.7 Å². The molecule has 19 heavy (non-hydrogen) atoms. The van der Waals surface area contributed by atoms with Crippen LogP contribution < -0.4 is 21.3 Å². The summed E-state index contributed by atoms with van der Waals surface area (Å²) in [6.45, 7) is 3.47. The molecule has 1 aliphatic rings. The van der Waals surface area contributed by atoms with E-state index >= 15 is 0 Å². The normalized spacial score (nSPS) is 18.3. The predicted molar refractivity (Wildman–Crippen MR) is 77.3 cm³/mol. The van der Waals surface area contributed by atoms with E-state index in [1.54, 1.807) is 0 Å². The monoisotopic (exact) mass is 284 g/mol. The molecule has 1 aromatic heterocycles. The van der Waals surface area contributed by atoms with Crippen molar-refractivity contribution in [3.8, 4) is 6.01 Å². The van der Waals surface area contributed by atoms with Gasteiger partial charge in [-0.1, -0.05) is 6.92 Å². The first kappa shape index (κ1) is 14.1. The van der Waals surface area contributed by atoms with Crippen LogP contribution >= 0.6 is 11.8 Å². The minimum absolute atomic E-state index is 0.299. The molecule has 1 aliphatic heterocycles. The van der Waals surface area contributed by atoms with E-state index in [9.17, 15) is 0 Å². The lowest BCUT2D eigenvalue weighted by Gasteiger charge is -2.11. The minimum Gasteiger partial charge on any atom is -0.463 e. The molecule has 0 bridgehead atoms. The number of hydrazine groups is 1. The lowest BCUT2D eigenvalue weighted by molar-refractivity contribution is 0.292. The van der Waals surface area contributed by atoms with Crippen molar-refractivity contribution in [1.82, 2.24) is 15.0 Å². The number of nitrogens with two attached hydrogens (primary N) is 1. The van der Waals surface area contributed by atoms with Gasteiger partial charge in [0.15, 0.2) is 0 Å². The Morgan fingerprint density at radius 1 is 1.37 bits per heavy atom. The molecule has 0 amide bonds. The molecular formula is C11H20N6OS. The number of nitrogens with one attached hydrogen (secondary N) is 2. The molecule has 7 nitrogen and oxygen atoms in total. The Morgan fingerprint density at radius 3 is 2.89 bits per heavy atom. The maximum absolute atomic E-state index is 5.41. The summed E-state index contributed by atoms with van der Waals surface area (Å²) in [5.74, 6) is 9.27. The summed E-state index contributed by atoms with van der Waals surface area (Å²) >= 11 is 1.99. The van der Waals surface area contributed by atoms with E-state index in [4.69, 9.17) is 10.6 Å². The summed E-state index contributed by atoms with van der Waals surface area (Å²) < 4.78 is 5.41. The van der Waals surface area contributed by atoms with Crippen LogP contribution in [0.2, 0.25) is 0 Å². The van der Waals surface area contributed by atoms with E-state index in [2.05, 4.69) is 25.7 Å². The lowest BCUT2D eigenvalue weighted by atomic mass is 10.1. The standard InChI is InChI=1S/C11H20N6OS/c1-2-4-18-11-15-9(14-10(16-11)17-12)13-6-8-3-5-19-7-8/h8H,2-7,12H2,1H3,(H2,13,14,15,16,17). The molecule has 2 heterocycles. The third kappa shape index (κ3) is 4.39. The van der Waals surface area contributed by atoms with Gasteiger partial charge in [-0.2, -0.15) is 26.7 Å². The van der Waals surface area contributed by atoms with Gasteiger partial charge in [-0.15, -0.1) is 0 Å². The van der Waals surface area contributed by atoms with Crippen molar-refractivity contribution in [3.63, 3.8) is 0 Å². The SMILES string of the molecule is CCCOc1nc(NN)nc(NCC2CCSC2)n1. The zero-order valence-electron chi connectivity index (χ0n) is 11.1. The second-order valence-electron chi connectivity index (χ2n) is 4.37. The Balaban J connectivity index is 1.96. The van der Waals surface area contributed by atoms with Crippen molar-refractivity contribution in [2.75, 3.05) is 35.4 Å². The zero-order valence-corrected chi connectivity index (χ0v) is 11.9. The van der Waals surface area contributed by atoms with E-state index in [0.717, 1.165) is 13.0 Å². The molecule has 0 spiro atoms. The van der Waals surface area contributed by atoms with E-state index in [0.29, 0.717) is 30.4 Å². The van der Waals surface area contributed by atoms with Gasteiger partial charge in [0.05, 0.1) is 6.61 Å². The van der Waals surface area contributed by atoms with Crippen molar-refractivity contribution in [2.24, 2.45) is 11.8 Å². The molecule has 8 heteroatoms. The Kier molecular flexibility index (Phi) is 5.46. The molecule has 2 rings (SSSR count). The van der Waals surface area contributed by atoms with Gasteiger partial charge in [0, 0.05) is 6.54 Å². The van der Waals surface area contributed by atoms with Crippen molar-refractivity contribution >= 4 is 23.7 Å². The largest absolute Gasteiger partial charge is 0.463 e. The first-order valence-electron chi connectivity index (χ1n) is 6.49. The quantitative estimate of drug-likeness (QED) is 0.506. The van der Waals surface area contributed by atoms with Crippen LogP contribution in [0, 0.1) is 5.92 Å². The van der Waals surface area contributed by atoms with Gasteiger partial charge in [-0.25, -0.2) is 5.84 Å². The van der Waals surface area contributed by atoms with Crippen LogP contribution in [0.25, 0.3) is 0 Å². The molecule has 1 unspecified atom stereocenters. The highest BCUT2D eigenvalue weighted by Crippen LogP contribution is 2.23. The van der Waals surface area contributed by atoms with Gasteiger partial charge < -0.3 is 10.1 Å². The van der Waals surface area contributed by atoms with E-state index in [-0.39, 0.29) is 0 Å². The molecule has 1 aromatic rings. The van der Waals surface area contributed by atoms with Crippen molar-refractivity contribution in [1.29, 1.82) is 0 Å². The predicted octanol–water partition coefficient (Wildman–Crippen LogP) is 1.11. The van der Waals surface area contributed by atoms with Gasteiger partial charge in [0.2, 0.25) is 11.9 Å². The summed E-state index contributed by atoms with van der Waals surface area (Å²) in [5, 5.41) is 3.23. The summed E-state index contributed by atoms with van der Waals surface area (Å²) in [6.07, 6.45) is 2.14. The average molecular weight is 284 g/mol. The molecule has 0 aromatic carbocycles. The van der Waals surface area contributed by atoms with Crippen LogP contribution in [-0.4, -0.2) is 39.6 Å². The van der Waals surface area contributed by atoms with Crippen LogP contribution in [0.4, 0.5) is 11.9 Å². The maximum atomic E-state index is 5.41. The topological polar surface area (TPSA) is 98.0 Å². The van der Waals surface area contributed by atoms with Gasteiger partial charge in [0.25, 0.3) is 0 Å². The van der Waals surface area contributed by atoms with E-state index in [1.165, 1.54) is 17.9 Å². The molecule has 0 radical (unpaired) electrons. The third-order valence-corrected chi connectivity index (χ3v) is 3.98. The molecular weight excluding hydrogens is 264 g/mol. The van der Waals surface area contributed by atoms with Gasteiger partial charge >= 0.3 is 6.01 Å². The first-order chi connectivity index (χ1) is 9.31.